The van der Waals surface area contributed by atoms with Gasteiger partial charge in [-0.05, 0) is 32.0 Å². The highest BCUT2D eigenvalue weighted by atomic mass is 35.5. The molecule has 6 heteroatoms. The van der Waals surface area contributed by atoms with Gasteiger partial charge in [-0.3, -0.25) is 14.9 Å². The van der Waals surface area contributed by atoms with Crippen molar-refractivity contribution in [2.45, 2.75) is 25.9 Å². The van der Waals surface area contributed by atoms with Crippen LogP contribution in [-0.4, -0.2) is 24.4 Å². The highest BCUT2D eigenvalue weighted by Gasteiger charge is 2.32. The summed E-state index contributed by atoms with van der Waals surface area (Å²) >= 11 is 5.94. The molecule has 2 rings (SSSR count). The molecule has 1 heterocycles. The lowest BCUT2D eigenvalue weighted by Crippen LogP contribution is -2.45. The van der Waals surface area contributed by atoms with E-state index in [2.05, 4.69) is 16.0 Å². The van der Waals surface area contributed by atoms with E-state index in [4.69, 9.17) is 11.6 Å². The van der Waals surface area contributed by atoms with Crippen LogP contribution in [0.2, 0.25) is 5.02 Å². The fourth-order valence-electron chi connectivity index (χ4n) is 2.05. The Kier molecular flexibility index (Phi) is 4.07. The Morgan fingerprint density at radius 2 is 2.26 bits per heavy atom. The third kappa shape index (κ3) is 2.88. The lowest BCUT2D eigenvalue weighted by molar-refractivity contribution is -0.123. The maximum absolute atomic E-state index is 11.9. The zero-order valence-corrected chi connectivity index (χ0v) is 11.5. The molecule has 0 spiro atoms. The molecular weight excluding hydrogens is 266 g/mol. The van der Waals surface area contributed by atoms with Crippen molar-refractivity contribution < 1.29 is 9.59 Å². The first-order valence-corrected chi connectivity index (χ1v) is 6.54. The van der Waals surface area contributed by atoms with Crippen molar-refractivity contribution in [2.24, 2.45) is 0 Å². The molecule has 2 amide bonds. The molecule has 1 aromatic carbocycles. The van der Waals surface area contributed by atoms with E-state index in [0.717, 1.165) is 11.3 Å². The molecule has 3 N–H and O–H groups in total. The number of hydrogen-bond acceptors (Lipinski definition) is 3. The van der Waals surface area contributed by atoms with Crippen LogP contribution in [0.5, 0.6) is 0 Å². The van der Waals surface area contributed by atoms with E-state index >= 15 is 0 Å². The number of halogens is 1. The van der Waals surface area contributed by atoms with Crippen LogP contribution in [-0.2, 0) is 9.59 Å². The smallest absolute Gasteiger partial charge is 0.246 e. The van der Waals surface area contributed by atoms with Gasteiger partial charge in [-0.2, -0.15) is 0 Å². The number of hydrogen-bond donors (Lipinski definition) is 3. The number of amides is 2. The molecule has 0 fully saturated rings. The van der Waals surface area contributed by atoms with Crippen LogP contribution in [0.1, 0.15) is 25.5 Å². The lowest BCUT2D eigenvalue weighted by atomic mass is 10.1. The Bertz CT molecular complexity index is 519. The number of likely N-dealkylation sites (N-methyl/N-ethyl adjacent to an activating group) is 1. The average Bonchev–Trinajstić information content (AvgIpc) is 2.66. The fourth-order valence-corrected chi connectivity index (χ4v) is 2.23. The van der Waals surface area contributed by atoms with E-state index in [0.29, 0.717) is 11.6 Å². The number of carbonyl (C=O) groups excluding carboxylic acids is 2. The molecule has 1 aliphatic rings. The van der Waals surface area contributed by atoms with Crippen molar-refractivity contribution in [2.75, 3.05) is 11.9 Å². The summed E-state index contributed by atoms with van der Waals surface area (Å²) in [6.07, 6.45) is 0. The molecule has 0 saturated heterocycles. The zero-order valence-electron chi connectivity index (χ0n) is 10.8. The summed E-state index contributed by atoms with van der Waals surface area (Å²) in [4.78, 5) is 23.6. The van der Waals surface area contributed by atoms with Crippen LogP contribution in [0, 0.1) is 0 Å². The lowest BCUT2D eigenvalue weighted by Gasteiger charge is -2.17. The highest BCUT2D eigenvalue weighted by Crippen LogP contribution is 2.33. The van der Waals surface area contributed by atoms with Crippen LogP contribution in [0.15, 0.2) is 18.2 Å². The minimum Gasteiger partial charge on any atom is -0.355 e. The number of rotatable bonds is 4. The Labute approximate surface area is 116 Å². The molecule has 19 heavy (non-hydrogen) atoms. The largest absolute Gasteiger partial charge is 0.355 e. The standard InChI is InChI=1S/C13H16ClN3O2/c1-3-15-12(18)7(2)16-11-9-6-8(14)4-5-10(9)17-13(11)19/h4-7,11,16H,3H2,1-2H3,(H,15,18)(H,17,19). The van der Waals surface area contributed by atoms with Crippen molar-refractivity contribution in [1.82, 2.24) is 10.6 Å². The van der Waals surface area contributed by atoms with Gasteiger partial charge in [0.25, 0.3) is 0 Å². The average molecular weight is 282 g/mol. The van der Waals surface area contributed by atoms with Crippen molar-refractivity contribution in [3.63, 3.8) is 0 Å². The van der Waals surface area contributed by atoms with Crippen LogP contribution in [0.25, 0.3) is 0 Å². The van der Waals surface area contributed by atoms with E-state index < -0.39 is 12.1 Å². The van der Waals surface area contributed by atoms with Crippen molar-refractivity contribution in [3.8, 4) is 0 Å². The summed E-state index contributed by atoms with van der Waals surface area (Å²) in [5.41, 5.74) is 1.50. The second-order valence-electron chi connectivity index (χ2n) is 4.44. The summed E-state index contributed by atoms with van der Waals surface area (Å²) in [5, 5.41) is 9.05. The first kappa shape index (κ1) is 13.8. The van der Waals surface area contributed by atoms with Gasteiger partial charge in [-0.1, -0.05) is 11.6 Å². The van der Waals surface area contributed by atoms with Crippen LogP contribution in [0.3, 0.4) is 0 Å². The molecule has 5 nitrogen and oxygen atoms in total. The van der Waals surface area contributed by atoms with Crippen molar-refractivity contribution in [3.05, 3.63) is 28.8 Å². The summed E-state index contributed by atoms with van der Waals surface area (Å²) in [5.74, 6) is -0.306. The van der Waals surface area contributed by atoms with Gasteiger partial charge in [0.2, 0.25) is 11.8 Å². The second-order valence-corrected chi connectivity index (χ2v) is 4.87. The molecule has 0 radical (unpaired) electrons. The van der Waals surface area contributed by atoms with Gasteiger partial charge in [0.05, 0.1) is 6.04 Å². The first-order chi connectivity index (χ1) is 9.02. The number of carbonyl (C=O) groups is 2. The molecule has 102 valence electrons. The van der Waals surface area contributed by atoms with Crippen molar-refractivity contribution >= 4 is 29.1 Å². The summed E-state index contributed by atoms with van der Waals surface area (Å²) < 4.78 is 0. The third-order valence-electron chi connectivity index (χ3n) is 3.01. The summed E-state index contributed by atoms with van der Waals surface area (Å²) in [7, 11) is 0. The van der Waals surface area contributed by atoms with Crippen molar-refractivity contribution in [1.29, 1.82) is 0 Å². The van der Waals surface area contributed by atoms with E-state index in [1.807, 2.05) is 6.92 Å². The van der Waals surface area contributed by atoms with Gasteiger partial charge in [0, 0.05) is 22.8 Å². The van der Waals surface area contributed by atoms with Crippen LogP contribution < -0.4 is 16.0 Å². The van der Waals surface area contributed by atoms with Gasteiger partial charge >= 0.3 is 0 Å². The second kappa shape index (κ2) is 5.59. The van der Waals surface area contributed by atoms with Gasteiger partial charge in [0.15, 0.2) is 0 Å². The zero-order chi connectivity index (χ0) is 14.0. The minimum atomic E-state index is -0.550. The molecule has 0 aromatic heterocycles. The highest BCUT2D eigenvalue weighted by molar-refractivity contribution is 6.31. The van der Waals surface area contributed by atoms with E-state index in [9.17, 15) is 9.59 Å². The van der Waals surface area contributed by atoms with Gasteiger partial charge in [-0.15, -0.1) is 0 Å². The topological polar surface area (TPSA) is 70.2 Å². The van der Waals surface area contributed by atoms with Gasteiger partial charge in [0.1, 0.15) is 6.04 Å². The quantitative estimate of drug-likeness (QED) is 0.782. The number of nitrogens with one attached hydrogen (secondary N) is 3. The molecule has 0 saturated carbocycles. The third-order valence-corrected chi connectivity index (χ3v) is 3.24. The van der Waals surface area contributed by atoms with E-state index in [1.54, 1.807) is 25.1 Å². The molecule has 2 atom stereocenters. The van der Waals surface area contributed by atoms with Crippen LogP contribution in [0.4, 0.5) is 5.69 Å². The molecule has 2 unspecified atom stereocenters. The van der Waals surface area contributed by atoms with Crippen LogP contribution >= 0.6 is 11.6 Å². The Morgan fingerprint density at radius 1 is 1.53 bits per heavy atom. The first-order valence-electron chi connectivity index (χ1n) is 6.17. The Morgan fingerprint density at radius 3 is 2.95 bits per heavy atom. The van der Waals surface area contributed by atoms with E-state index in [-0.39, 0.29) is 11.8 Å². The molecule has 0 bridgehead atoms. The maximum atomic E-state index is 11.9. The number of fused-ring (bicyclic) bond motifs is 1. The van der Waals surface area contributed by atoms with Gasteiger partial charge < -0.3 is 10.6 Å². The molecule has 0 aliphatic carbocycles. The van der Waals surface area contributed by atoms with Gasteiger partial charge in [-0.25, -0.2) is 0 Å². The predicted molar refractivity (Wildman–Crippen MR) is 74.1 cm³/mol. The number of anilines is 1. The minimum absolute atomic E-state index is 0.134. The summed E-state index contributed by atoms with van der Waals surface area (Å²) in [6, 6.07) is 4.20. The Hall–Kier alpha value is -1.59. The fraction of sp³-hybridized carbons (Fsp3) is 0.385. The van der Waals surface area contributed by atoms with E-state index in [1.165, 1.54) is 0 Å². The molecular formula is C13H16ClN3O2. The Balaban J connectivity index is 2.16. The summed E-state index contributed by atoms with van der Waals surface area (Å²) in [6.45, 7) is 4.13. The SMILES string of the molecule is CCNC(=O)C(C)NC1C(=O)Nc2ccc(Cl)cc21. The predicted octanol–water partition coefficient (Wildman–Crippen LogP) is 1.45. The molecule has 1 aliphatic heterocycles. The normalized spacial score (nSPS) is 18.7. The number of benzene rings is 1. The maximum Gasteiger partial charge on any atom is 0.246 e. The molecule has 1 aromatic rings. The monoisotopic (exact) mass is 281 g/mol.